The molecule has 1 unspecified atom stereocenters. The highest BCUT2D eigenvalue weighted by Crippen LogP contribution is 2.11. The van der Waals surface area contributed by atoms with E-state index < -0.39 is 9.84 Å². The Morgan fingerprint density at radius 3 is 2.73 bits per heavy atom. The van der Waals surface area contributed by atoms with Crippen molar-refractivity contribution in [2.45, 2.75) is 31.7 Å². The van der Waals surface area contributed by atoms with Gasteiger partial charge in [-0.15, -0.1) is 0 Å². The maximum absolute atomic E-state index is 11.7. The van der Waals surface area contributed by atoms with Gasteiger partial charge in [-0.2, -0.15) is 0 Å². The first-order chi connectivity index (χ1) is 10.4. The van der Waals surface area contributed by atoms with Crippen LogP contribution in [0.5, 0.6) is 0 Å². The Morgan fingerprint density at radius 2 is 2.09 bits per heavy atom. The molecule has 8 heteroatoms. The zero-order chi connectivity index (χ0) is 16.0. The highest BCUT2D eigenvalue weighted by molar-refractivity contribution is 7.91. The van der Waals surface area contributed by atoms with E-state index in [4.69, 9.17) is 4.42 Å². The standard InChI is InChI=1S/C14H20N2O5S/c17-13(4-3-12-2-1-8-21-12)15-7-5-14(18)16-11-6-9-22(19,20)10-11/h1-2,8,11H,3-7,9-10H2,(H,15,17)(H,16,18). The lowest BCUT2D eigenvalue weighted by Gasteiger charge is -2.11. The summed E-state index contributed by atoms with van der Waals surface area (Å²) >= 11 is 0. The molecule has 1 aromatic rings. The molecule has 1 aliphatic rings. The molecule has 122 valence electrons. The van der Waals surface area contributed by atoms with Crippen LogP contribution < -0.4 is 10.6 Å². The molecule has 22 heavy (non-hydrogen) atoms. The van der Waals surface area contributed by atoms with Crippen molar-refractivity contribution in [3.05, 3.63) is 24.2 Å². The number of furan rings is 1. The number of amides is 2. The molecule has 7 nitrogen and oxygen atoms in total. The second-order valence-electron chi connectivity index (χ2n) is 5.35. The SMILES string of the molecule is O=C(CCc1ccco1)NCCC(=O)NC1CCS(=O)(=O)C1. The van der Waals surface area contributed by atoms with Gasteiger partial charge in [0.25, 0.3) is 0 Å². The quantitative estimate of drug-likeness (QED) is 0.734. The van der Waals surface area contributed by atoms with Gasteiger partial charge in [-0.05, 0) is 18.6 Å². The van der Waals surface area contributed by atoms with Crippen LogP contribution >= 0.6 is 0 Å². The smallest absolute Gasteiger partial charge is 0.222 e. The molecule has 1 aromatic heterocycles. The minimum atomic E-state index is -3.00. The first-order valence-electron chi connectivity index (χ1n) is 7.23. The topological polar surface area (TPSA) is 105 Å². The highest BCUT2D eigenvalue weighted by atomic mass is 32.2. The molecule has 0 spiro atoms. The van der Waals surface area contributed by atoms with Gasteiger partial charge < -0.3 is 15.1 Å². The average molecular weight is 328 g/mol. The predicted octanol–water partition coefficient (Wildman–Crippen LogP) is 0.0218. The number of carbonyl (C=O) groups is 2. The Hall–Kier alpha value is -1.83. The van der Waals surface area contributed by atoms with Crippen LogP contribution in [0.1, 0.15) is 25.0 Å². The van der Waals surface area contributed by atoms with Crippen molar-refractivity contribution < 1.29 is 22.4 Å². The molecule has 0 saturated carbocycles. The third-order valence-electron chi connectivity index (χ3n) is 3.45. The van der Waals surface area contributed by atoms with Crippen LogP contribution in [0.15, 0.2) is 22.8 Å². The van der Waals surface area contributed by atoms with E-state index in [9.17, 15) is 18.0 Å². The summed E-state index contributed by atoms with van der Waals surface area (Å²) in [6, 6.07) is 3.27. The Balaban J connectivity index is 1.57. The van der Waals surface area contributed by atoms with Crippen molar-refractivity contribution in [3.63, 3.8) is 0 Å². The monoisotopic (exact) mass is 328 g/mol. The molecule has 0 aromatic carbocycles. The summed E-state index contributed by atoms with van der Waals surface area (Å²) in [6.07, 6.45) is 2.98. The number of nitrogens with one attached hydrogen (secondary N) is 2. The summed E-state index contributed by atoms with van der Waals surface area (Å²) in [4.78, 5) is 23.2. The lowest BCUT2D eigenvalue weighted by atomic mass is 10.2. The first-order valence-corrected chi connectivity index (χ1v) is 9.05. The lowest BCUT2D eigenvalue weighted by molar-refractivity contribution is -0.122. The summed E-state index contributed by atoms with van der Waals surface area (Å²) in [5.41, 5.74) is 0. The molecule has 1 aliphatic heterocycles. The van der Waals surface area contributed by atoms with E-state index in [0.717, 1.165) is 5.76 Å². The van der Waals surface area contributed by atoms with E-state index in [1.54, 1.807) is 18.4 Å². The molecule has 1 atom stereocenters. The van der Waals surface area contributed by atoms with Gasteiger partial charge >= 0.3 is 0 Å². The van der Waals surface area contributed by atoms with Crippen LogP contribution in [0.25, 0.3) is 0 Å². The maximum atomic E-state index is 11.7. The molecule has 2 amide bonds. The predicted molar refractivity (Wildman–Crippen MR) is 79.9 cm³/mol. The lowest BCUT2D eigenvalue weighted by Crippen LogP contribution is -2.37. The van der Waals surface area contributed by atoms with E-state index in [-0.39, 0.29) is 42.3 Å². The normalized spacial score (nSPS) is 19.7. The van der Waals surface area contributed by atoms with E-state index in [2.05, 4.69) is 10.6 Å². The van der Waals surface area contributed by atoms with Crippen LogP contribution in [-0.2, 0) is 25.8 Å². The number of hydrogen-bond donors (Lipinski definition) is 2. The van der Waals surface area contributed by atoms with Crippen molar-refractivity contribution in [1.29, 1.82) is 0 Å². The van der Waals surface area contributed by atoms with Crippen molar-refractivity contribution in [2.75, 3.05) is 18.1 Å². The minimum Gasteiger partial charge on any atom is -0.469 e. The molecule has 0 aliphatic carbocycles. The second kappa shape index (κ2) is 7.44. The molecule has 1 saturated heterocycles. The van der Waals surface area contributed by atoms with Crippen LogP contribution in [0.3, 0.4) is 0 Å². The fourth-order valence-corrected chi connectivity index (χ4v) is 3.98. The third kappa shape index (κ3) is 5.51. The number of hydrogen-bond acceptors (Lipinski definition) is 5. The van der Waals surface area contributed by atoms with Gasteiger partial charge in [0.05, 0.1) is 17.8 Å². The Kier molecular flexibility index (Phi) is 5.59. The fraction of sp³-hybridized carbons (Fsp3) is 0.571. The molecular formula is C14H20N2O5S. The van der Waals surface area contributed by atoms with Crippen LogP contribution in [-0.4, -0.2) is 44.3 Å². The number of aryl methyl sites for hydroxylation is 1. The Labute approximate surface area is 129 Å². The number of sulfone groups is 1. The third-order valence-corrected chi connectivity index (χ3v) is 5.22. The van der Waals surface area contributed by atoms with Gasteiger partial charge in [0.15, 0.2) is 9.84 Å². The van der Waals surface area contributed by atoms with E-state index in [1.807, 2.05) is 0 Å². The zero-order valence-corrected chi connectivity index (χ0v) is 13.0. The zero-order valence-electron chi connectivity index (χ0n) is 12.2. The summed E-state index contributed by atoms with van der Waals surface area (Å²) in [6.45, 7) is 0.238. The van der Waals surface area contributed by atoms with Gasteiger partial charge in [0.2, 0.25) is 11.8 Å². The van der Waals surface area contributed by atoms with Gasteiger partial charge in [0, 0.05) is 31.8 Å². The van der Waals surface area contributed by atoms with E-state index in [0.29, 0.717) is 19.3 Å². The van der Waals surface area contributed by atoms with Crippen LogP contribution in [0.4, 0.5) is 0 Å². The fourth-order valence-electron chi connectivity index (χ4n) is 2.30. The summed E-state index contributed by atoms with van der Waals surface area (Å²) in [5.74, 6) is 0.492. The molecule has 2 N–H and O–H groups in total. The molecular weight excluding hydrogens is 308 g/mol. The maximum Gasteiger partial charge on any atom is 0.222 e. The highest BCUT2D eigenvalue weighted by Gasteiger charge is 2.28. The molecule has 1 fully saturated rings. The largest absolute Gasteiger partial charge is 0.469 e. The van der Waals surface area contributed by atoms with Gasteiger partial charge in [0.1, 0.15) is 5.76 Å². The van der Waals surface area contributed by atoms with Crippen molar-refractivity contribution >= 4 is 21.7 Å². The molecule has 0 radical (unpaired) electrons. The molecule has 2 heterocycles. The first kappa shape index (κ1) is 16.5. The summed E-state index contributed by atoms with van der Waals surface area (Å²) in [7, 11) is -3.00. The van der Waals surface area contributed by atoms with Gasteiger partial charge in [-0.1, -0.05) is 0 Å². The van der Waals surface area contributed by atoms with Crippen molar-refractivity contribution in [3.8, 4) is 0 Å². The average Bonchev–Trinajstić information content (AvgIpc) is 3.06. The Morgan fingerprint density at radius 1 is 1.27 bits per heavy atom. The Bertz CT molecular complexity index is 609. The van der Waals surface area contributed by atoms with E-state index in [1.165, 1.54) is 0 Å². The summed E-state index contributed by atoms with van der Waals surface area (Å²) in [5, 5.41) is 5.34. The van der Waals surface area contributed by atoms with Crippen LogP contribution in [0.2, 0.25) is 0 Å². The molecule has 2 rings (SSSR count). The second-order valence-corrected chi connectivity index (χ2v) is 7.58. The van der Waals surface area contributed by atoms with Crippen molar-refractivity contribution in [2.24, 2.45) is 0 Å². The van der Waals surface area contributed by atoms with Gasteiger partial charge in [-0.25, -0.2) is 8.42 Å². The summed E-state index contributed by atoms with van der Waals surface area (Å²) < 4.78 is 27.7. The number of carbonyl (C=O) groups excluding carboxylic acids is 2. The minimum absolute atomic E-state index is 0.00818. The number of rotatable bonds is 7. The van der Waals surface area contributed by atoms with Crippen LogP contribution in [0, 0.1) is 0 Å². The molecule has 0 bridgehead atoms. The van der Waals surface area contributed by atoms with Crippen molar-refractivity contribution in [1.82, 2.24) is 10.6 Å². The van der Waals surface area contributed by atoms with E-state index >= 15 is 0 Å². The van der Waals surface area contributed by atoms with Gasteiger partial charge in [-0.3, -0.25) is 9.59 Å².